The van der Waals surface area contributed by atoms with E-state index < -0.39 is 5.95 Å². The van der Waals surface area contributed by atoms with Gasteiger partial charge in [0, 0.05) is 5.56 Å². The Morgan fingerprint density at radius 2 is 2.50 bits per heavy atom. The van der Waals surface area contributed by atoms with Gasteiger partial charge in [0.2, 0.25) is 5.95 Å². The van der Waals surface area contributed by atoms with Crippen LogP contribution in [0.5, 0.6) is 5.75 Å². The second kappa shape index (κ2) is 3.85. The summed E-state index contributed by atoms with van der Waals surface area (Å²) < 4.78 is 17.9. The molecule has 0 aliphatic rings. The van der Waals surface area contributed by atoms with Crippen molar-refractivity contribution in [2.24, 2.45) is 0 Å². The molecule has 0 radical (unpaired) electrons. The number of aromatic nitrogens is 1. The average molecular weight is 167 g/mol. The molecular formula is C9H10FNO. The molecule has 0 saturated heterocycles. The summed E-state index contributed by atoms with van der Waals surface area (Å²) in [4.78, 5) is 3.51. The van der Waals surface area contributed by atoms with Crippen molar-refractivity contribution in [3.63, 3.8) is 0 Å². The van der Waals surface area contributed by atoms with E-state index in [0.29, 0.717) is 17.9 Å². The zero-order valence-electron chi connectivity index (χ0n) is 6.88. The van der Waals surface area contributed by atoms with Gasteiger partial charge in [-0.25, -0.2) is 4.98 Å². The molecule has 0 spiro atoms. The number of pyridine rings is 1. The lowest BCUT2D eigenvalue weighted by Gasteiger charge is -2.02. The third-order valence-electron chi connectivity index (χ3n) is 1.37. The van der Waals surface area contributed by atoms with E-state index in [9.17, 15) is 4.39 Å². The van der Waals surface area contributed by atoms with Crippen LogP contribution in [0.4, 0.5) is 4.39 Å². The monoisotopic (exact) mass is 167 g/mol. The zero-order chi connectivity index (χ0) is 8.97. The lowest BCUT2D eigenvalue weighted by atomic mass is 10.3. The SMILES string of the molecule is C=Cc1cc(OCC)cnc1F. The molecule has 3 heteroatoms. The summed E-state index contributed by atoms with van der Waals surface area (Å²) in [7, 11) is 0. The van der Waals surface area contributed by atoms with Crippen LogP contribution in [-0.2, 0) is 0 Å². The van der Waals surface area contributed by atoms with Crippen LogP contribution in [0.3, 0.4) is 0 Å². The molecule has 2 nitrogen and oxygen atoms in total. The first-order valence-electron chi connectivity index (χ1n) is 3.68. The van der Waals surface area contributed by atoms with Crippen molar-refractivity contribution in [2.75, 3.05) is 6.61 Å². The van der Waals surface area contributed by atoms with Crippen molar-refractivity contribution in [1.29, 1.82) is 0 Å². The molecule has 0 fully saturated rings. The molecule has 1 heterocycles. The standard InChI is InChI=1S/C9H10FNO/c1-3-7-5-8(12-4-2)6-11-9(7)10/h3,5-6H,1,4H2,2H3. The highest BCUT2D eigenvalue weighted by molar-refractivity contribution is 5.48. The van der Waals surface area contributed by atoms with Crippen LogP contribution < -0.4 is 4.74 Å². The average Bonchev–Trinajstić information content (AvgIpc) is 2.09. The molecule has 1 rings (SSSR count). The van der Waals surface area contributed by atoms with Crippen LogP contribution in [0.25, 0.3) is 6.08 Å². The lowest BCUT2D eigenvalue weighted by molar-refractivity contribution is 0.337. The summed E-state index contributed by atoms with van der Waals surface area (Å²) >= 11 is 0. The maximum Gasteiger partial charge on any atom is 0.220 e. The van der Waals surface area contributed by atoms with Gasteiger partial charge in [-0.3, -0.25) is 0 Å². The molecule has 0 aliphatic heterocycles. The molecule has 0 amide bonds. The molecular weight excluding hydrogens is 157 g/mol. The smallest absolute Gasteiger partial charge is 0.220 e. The third kappa shape index (κ3) is 1.81. The highest BCUT2D eigenvalue weighted by Gasteiger charge is 2.01. The molecule has 0 aliphatic carbocycles. The van der Waals surface area contributed by atoms with E-state index in [4.69, 9.17) is 4.74 Å². The van der Waals surface area contributed by atoms with E-state index >= 15 is 0 Å². The summed E-state index contributed by atoms with van der Waals surface area (Å²) in [5, 5.41) is 0. The van der Waals surface area contributed by atoms with Crippen LogP contribution >= 0.6 is 0 Å². The maximum absolute atomic E-state index is 12.8. The van der Waals surface area contributed by atoms with Crippen molar-refractivity contribution in [1.82, 2.24) is 4.98 Å². The van der Waals surface area contributed by atoms with Gasteiger partial charge in [0.05, 0.1) is 12.8 Å². The summed E-state index contributed by atoms with van der Waals surface area (Å²) in [5.74, 6) is 0.0438. The number of halogens is 1. The minimum Gasteiger partial charge on any atom is -0.492 e. The second-order valence-electron chi connectivity index (χ2n) is 2.19. The van der Waals surface area contributed by atoms with E-state index in [2.05, 4.69) is 11.6 Å². The van der Waals surface area contributed by atoms with Crippen molar-refractivity contribution >= 4 is 6.08 Å². The quantitative estimate of drug-likeness (QED) is 0.644. The highest BCUT2D eigenvalue weighted by Crippen LogP contribution is 2.14. The van der Waals surface area contributed by atoms with Crippen molar-refractivity contribution in [3.8, 4) is 5.75 Å². The molecule has 12 heavy (non-hydrogen) atoms. The topological polar surface area (TPSA) is 22.1 Å². The zero-order valence-corrected chi connectivity index (χ0v) is 6.88. The molecule has 0 atom stereocenters. The number of hydrogen-bond donors (Lipinski definition) is 0. The molecule has 0 saturated carbocycles. The number of rotatable bonds is 3. The van der Waals surface area contributed by atoms with E-state index in [1.165, 1.54) is 12.3 Å². The predicted molar refractivity (Wildman–Crippen MR) is 45.5 cm³/mol. The van der Waals surface area contributed by atoms with Gasteiger partial charge in [0.25, 0.3) is 0 Å². The number of nitrogens with zero attached hydrogens (tertiary/aromatic N) is 1. The number of ether oxygens (including phenoxy) is 1. The van der Waals surface area contributed by atoms with Crippen molar-refractivity contribution in [3.05, 3.63) is 30.4 Å². The number of hydrogen-bond acceptors (Lipinski definition) is 2. The first-order chi connectivity index (χ1) is 5.77. The first-order valence-corrected chi connectivity index (χ1v) is 3.68. The molecule has 1 aromatic heterocycles. The molecule has 0 N–H and O–H groups in total. The first kappa shape index (κ1) is 8.71. The van der Waals surface area contributed by atoms with E-state index in [0.717, 1.165) is 0 Å². The van der Waals surface area contributed by atoms with Gasteiger partial charge in [-0.1, -0.05) is 12.7 Å². The van der Waals surface area contributed by atoms with E-state index in [1.54, 1.807) is 6.07 Å². The summed E-state index contributed by atoms with van der Waals surface area (Å²) in [6.07, 6.45) is 2.76. The Morgan fingerprint density at radius 3 is 3.08 bits per heavy atom. The Balaban J connectivity index is 2.96. The highest BCUT2D eigenvalue weighted by atomic mass is 19.1. The largest absolute Gasteiger partial charge is 0.492 e. The normalized spacial score (nSPS) is 9.50. The lowest BCUT2D eigenvalue weighted by Crippen LogP contribution is -1.94. The molecule has 0 bridgehead atoms. The Labute approximate surface area is 70.7 Å². The van der Waals surface area contributed by atoms with Crippen LogP contribution in [0.1, 0.15) is 12.5 Å². The van der Waals surface area contributed by atoms with Gasteiger partial charge >= 0.3 is 0 Å². The van der Waals surface area contributed by atoms with Crippen LogP contribution in [0.2, 0.25) is 0 Å². The molecule has 0 aromatic carbocycles. The summed E-state index contributed by atoms with van der Waals surface area (Å²) in [6.45, 7) is 5.86. The van der Waals surface area contributed by atoms with Gasteiger partial charge in [0.1, 0.15) is 5.75 Å². The van der Waals surface area contributed by atoms with Gasteiger partial charge in [0.15, 0.2) is 0 Å². The van der Waals surface area contributed by atoms with Gasteiger partial charge in [-0.05, 0) is 13.0 Å². The van der Waals surface area contributed by atoms with Crippen molar-refractivity contribution in [2.45, 2.75) is 6.92 Å². The third-order valence-corrected chi connectivity index (χ3v) is 1.37. The Bertz CT molecular complexity index is 286. The van der Waals surface area contributed by atoms with Crippen molar-refractivity contribution < 1.29 is 9.13 Å². The fraction of sp³-hybridized carbons (Fsp3) is 0.222. The fourth-order valence-electron chi connectivity index (χ4n) is 0.834. The molecule has 1 aromatic rings. The Kier molecular flexibility index (Phi) is 2.80. The summed E-state index contributed by atoms with van der Waals surface area (Å²) in [6, 6.07) is 1.57. The minimum absolute atomic E-state index is 0.362. The molecule has 0 unspecified atom stereocenters. The Hall–Kier alpha value is -1.38. The van der Waals surface area contributed by atoms with Gasteiger partial charge in [-0.2, -0.15) is 4.39 Å². The fourth-order valence-corrected chi connectivity index (χ4v) is 0.834. The second-order valence-corrected chi connectivity index (χ2v) is 2.19. The van der Waals surface area contributed by atoms with Crippen LogP contribution in [0, 0.1) is 5.95 Å². The molecule has 64 valence electrons. The predicted octanol–water partition coefficient (Wildman–Crippen LogP) is 2.26. The van der Waals surface area contributed by atoms with Gasteiger partial charge < -0.3 is 4.74 Å². The summed E-state index contributed by atoms with van der Waals surface area (Å²) in [5.41, 5.74) is 0.362. The van der Waals surface area contributed by atoms with Crippen LogP contribution in [0.15, 0.2) is 18.8 Å². The Morgan fingerprint density at radius 1 is 1.75 bits per heavy atom. The van der Waals surface area contributed by atoms with E-state index in [-0.39, 0.29) is 0 Å². The minimum atomic E-state index is -0.520. The van der Waals surface area contributed by atoms with Gasteiger partial charge in [-0.15, -0.1) is 0 Å². The maximum atomic E-state index is 12.8. The van der Waals surface area contributed by atoms with Crippen LogP contribution in [-0.4, -0.2) is 11.6 Å². The van der Waals surface area contributed by atoms with E-state index in [1.807, 2.05) is 6.92 Å².